The van der Waals surface area contributed by atoms with E-state index in [0.717, 1.165) is 11.3 Å². The minimum atomic E-state index is -1.15. The molecule has 0 fully saturated rings. The highest BCUT2D eigenvalue weighted by Crippen LogP contribution is 2.29. The highest BCUT2D eigenvalue weighted by atomic mass is 16.6. The average molecular weight is 299 g/mol. The molecule has 2 aromatic rings. The van der Waals surface area contributed by atoms with E-state index in [1.54, 1.807) is 25.1 Å². The maximum atomic E-state index is 11.3. The number of carboxylic acids is 1. The van der Waals surface area contributed by atoms with E-state index < -0.39 is 5.97 Å². The van der Waals surface area contributed by atoms with Crippen LogP contribution in [0.15, 0.2) is 47.6 Å². The van der Waals surface area contributed by atoms with Gasteiger partial charge in [-0.15, -0.1) is 0 Å². The van der Waals surface area contributed by atoms with Crippen molar-refractivity contribution in [2.24, 2.45) is 5.16 Å². The summed E-state index contributed by atoms with van der Waals surface area (Å²) in [4.78, 5) is 15.9. The number of hydrogen-bond acceptors (Lipinski definition) is 4. The lowest BCUT2D eigenvalue weighted by atomic mass is 10.0. The number of aliphatic carboxylic acids is 1. The number of oxime groups is 1. The predicted molar refractivity (Wildman–Crippen MR) is 83.6 cm³/mol. The molecule has 0 bridgehead atoms. The molecule has 0 atom stereocenters. The summed E-state index contributed by atoms with van der Waals surface area (Å²) in [6.07, 6.45) is 0. The molecule has 1 N–H and O–H groups in total. The number of carboxylic acid groups (broad SMARTS) is 1. The number of rotatable bonds is 5. The Kier molecular flexibility index (Phi) is 4.78. The number of ether oxygens (including phenoxy) is 1. The van der Waals surface area contributed by atoms with Crippen molar-refractivity contribution in [1.29, 1.82) is 0 Å². The van der Waals surface area contributed by atoms with E-state index in [4.69, 9.17) is 4.74 Å². The summed E-state index contributed by atoms with van der Waals surface area (Å²) in [7, 11) is 1.31. The van der Waals surface area contributed by atoms with E-state index >= 15 is 0 Å². The third kappa shape index (κ3) is 3.25. The first kappa shape index (κ1) is 15.6. The third-order valence-corrected chi connectivity index (χ3v) is 3.24. The number of nitrogens with zero attached hydrogens (tertiary/aromatic N) is 1. The van der Waals surface area contributed by atoms with Gasteiger partial charge in [-0.2, -0.15) is 0 Å². The van der Waals surface area contributed by atoms with Crippen molar-refractivity contribution in [3.05, 3.63) is 59.2 Å². The summed E-state index contributed by atoms with van der Waals surface area (Å²) < 4.78 is 5.90. The number of aryl methyl sites for hydroxylation is 1. The van der Waals surface area contributed by atoms with Crippen LogP contribution in [0.1, 0.15) is 16.7 Å². The molecule has 0 radical (unpaired) electrons. The molecule has 2 aromatic carbocycles. The smallest absolute Gasteiger partial charge is 0.358 e. The molecule has 0 aliphatic rings. The molecule has 0 unspecified atom stereocenters. The van der Waals surface area contributed by atoms with Gasteiger partial charge in [0.15, 0.2) is 5.71 Å². The van der Waals surface area contributed by atoms with Crippen LogP contribution in [0, 0.1) is 13.8 Å². The van der Waals surface area contributed by atoms with Crippen molar-refractivity contribution in [1.82, 2.24) is 0 Å². The maximum absolute atomic E-state index is 11.3. The molecule has 0 heterocycles. The first-order chi connectivity index (χ1) is 10.5. The van der Waals surface area contributed by atoms with Crippen LogP contribution < -0.4 is 4.74 Å². The maximum Gasteiger partial charge on any atom is 0.358 e. The van der Waals surface area contributed by atoms with Gasteiger partial charge >= 0.3 is 5.97 Å². The minimum Gasteiger partial charge on any atom is -0.476 e. The molecule has 0 saturated heterocycles. The molecule has 0 aromatic heterocycles. The molecule has 22 heavy (non-hydrogen) atoms. The van der Waals surface area contributed by atoms with Crippen molar-refractivity contribution >= 4 is 11.7 Å². The zero-order chi connectivity index (χ0) is 16.1. The second-order valence-corrected chi connectivity index (χ2v) is 4.72. The first-order valence-electron chi connectivity index (χ1n) is 6.72. The van der Waals surface area contributed by atoms with E-state index in [9.17, 15) is 9.90 Å². The van der Waals surface area contributed by atoms with Crippen LogP contribution in [-0.4, -0.2) is 23.9 Å². The van der Waals surface area contributed by atoms with Gasteiger partial charge in [0.1, 0.15) is 18.6 Å². The lowest BCUT2D eigenvalue weighted by Crippen LogP contribution is -2.16. The number of hydrogen-bond donors (Lipinski definition) is 1. The Hall–Kier alpha value is -2.82. The standard InChI is InChI=1S/C17H17NO4/c1-11-7-4-5-9-14(11)22-15-10-6-8-13(12(15)2)16(17(19)20)18-21-3/h4-10H,1-3H3,(H,19,20)/b18-16+. The molecule has 0 amide bonds. The number of benzene rings is 2. The quantitative estimate of drug-likeness (QED) is 0.677. The highest BCUT2D eigenvalue weighted by Gasteiger charge is 2.18. The van der Waals surface area contributed by atoms with Crippen molar-refractivity contribution in [2.45, 2.75) is 13.8 Å². The molecule has 0 saturated carbocycles. The zero-order valence-electron chi connectivity index (χ0n) is 12.7. The van der Waals surface area contributed by atoms with Crippen molar-refractivity contribution < 1.29 is 19.5 Å². The Morgan fingerprint density at radius 1 is 1.05 bits per heavy atom. The Labute approximate surface area is 128 Å². The van der Waals surface area contributed by atoms with Crippen LogP contribution >= 0.6 is 0 Å². The topological polar surface area (TPSA) is 68.1 Å². The monoisotopic (exact) mass is 299 g/mol. The lowest BCUT2D eigenvalue weighted by molar-refractivity contribution is -0.129. The molecule has 0 aliphatic heterocycles. The second kappa shape index (κ2) is 6.76. The Balaban J connectivity index is 2.44. The summed E-state index contributed by atoms with van der Waals surface area (Å²) in [6, 6.07) is 12.8. The van der Waals surface area contributed by atoms with Crippen LogP contribution in [0.3, 0.4) is 0 Å². The van der Waals surface area contributed by atoms with Crippen molar-refractivity contribution in [2.75, 3.05) is 7.11 Å². The van der Waals surface area contributed by atoms with Gasteiger partial charge in [-0.05, 0) is 31.5 Å². The first-order valence-corrected chi connectivity index (χ1v) is 6.72. The van der Waals surface area contributed by atoms with E-state index in [0.29, 0.717) is 16.9 Å². The van der Waals surface area contributed by atoms with Gasteiger partial charge in [0, 0.05) is 11.1 Å². The van der Waals surface area contributed by atoms with E-state index in [2.05, 4.69) is 9.99 Å². The Bertz CT molecular complexity index is 722. The Morgan fingerprint density at radius 3 is 2.36 bits per heavy atom. The number of para-hydroxylation sites is 1. The SMILES string of the molecule is CO/N=C(/C(=O)O)c1cccc(Oc2ccccc2C)c1C. The van der Waals surface area contributed by atoms with Crippen LogP contribution in [0.5, 0.6) is 11.5 Å². The molecular formula is C17H17NO4. The fourth-order valence-corrected chi connectivity index (χ4v) is 2.07. The van der Waals surface area contributed by atoms with Gasteiger partial charge in [0.05, 0.1) is 0 Å². The number of carbonyl (C=O) groups is 1. The van der Waals surface area contributed by atoms with Gasteiger partial charge in [-0.1, -0.05) is 35.5 Å². The predicted octanol–water partition coefficient (Wildman–Crippen LogP) is 3.53. The largest absolute Gasteiger partial charge is 0.476 e. The van der Waals surface area contributed by atoms with E-state index in [1.165, 1.54) is 7.11 Å². The summed E-state index contributed by atoms with van der Waals surface area (Å²) >= 11 is 0. The third-order valence-electron chi connectivity index (χ3n) is 3.24. The summed E-state index contributed by atoms with van der Waals surface area (Å²) in [5, 5.41) is 12.8. The van der Waals surface area contributed by atoms with Gasteiger partial charge in [0.2, 0.25) is 0 Å². The van der Waals surface area contributed by atoms with Gasteiger partial charge in [-0.3, -0.25) is 0 Å². The molecule has 5 nitrogen and oxygen atoms in total. The summed E-state index contributed by atoms with van der Waals surface area (Å²) in [5.74, 6) is 0.151. The summed E-state index contributed by atoms with van der Waals surface area (Å²) in [6.45, 7) is 3.74. The van der Waals surface area contributed by atoms with Crippen LogP contribution in [0.4, 0.5) is 0 Å². The average Bonchev–Trinajstić information content (AvgIpc) is 2.49. The van der Waals surface area contributed by atoms with Crippen LogP contribution in [-0.2, 0) is 9.63 Å². The molecule has 2 rings (SSSR count). The van der Waals surface area contributed by atoms with E-state index in [1.807, 2.05) is 31.2 Å². The molecule has 0 spiro atoms. The normalized spacial score (nSPS) is 11.1. The van der Waals surface area contributed by atoms with Crippen molar-refractivity contribution in [3.63, 3.8) is 0 Å². The van der Waals surface area contributed by atoms with Crippen molar-refractivity contribution in [3.8, 4) is 11.5 Å². The molecular weight excluding hydrogens is 282 g/mol. The molecule has 5 heteroatoms. The minimum absolute atomic E-state index is 0.157. The van der Waals surface area contributed by atoms with Gasteiger partial charge < -0.3 is 14.7 Å². The van der Waals surface area contributed by atoms with Crippen LogP contribution in [0.25, 0.3) is 0 Å². The van der Waals surface area contributed by atoms with Gasteiger partial charge in [-0.25, -0.2) is 4.79 Å². The molecule has 114 valence electrons. The molecule has 0 aliphatic carbocycles. The van der Waals surface area contributed by atoms with Crippen LogP contribution in [0.2, 0.25) is 0 Å². The van der Waals surface area contributed by atoms with E-state index in [-0.39, 0.29) is 5.71 Å². The summed E-state index contributed by atoms with van der Waals surface area (Å²) in [5.41, 5.74) is 1.98. The fraction of sp³-hybridized carbons (Fsp3) is 0.176. The Morgan fingerprint density at radius 2 is 1.73 bits per heavy atom. The van der Waals surface area contributed by atoms with Gasteiger partial charge in [0.25, 0.3) is 0 Å². The zero-order valence-corrected chi connectivity index (χ0v) is 12.7. The fourth-order valence-electron chi connectivity index (χ4n) is 2.07. The lowest BCUT2D eigenvalue weighted by Gasteiger charge is -2.13. The highest BCUT2D eigenvalue weighted by molar-refractivity contribution is 6.42. The second-order valence-electron chi connectivity index (χ2n) is 4.72.